The molecule has 0 spiro atoms. The maximum absolute atomic E-state index is 14.1. The molecule has 0 amide bonds. The van der Waals surface area contributed by atoms with Gasteiger partial charge in [-0.25, -0.2) is 5.84 Å². The largest absolute Gasteiger partial charge is 0.403 e. The zero-order valence-corrected chi connectivity index (χ0v) is 14.8. The zero-order valence-electron chi connectivity index (χ0n) is 13.9. The molecule has 0 aliphatic carbocycles. The van der Waals surface area contributed by atoms with Gasteiger partial charge < -0.3 is 8.98 Å². The van der Waals surface area contributed by atoms with Crippen molar-refractivity contribution >= 4 is 17.9 Å². The summed E-state index contributed by atoms with van der Waals surface area (Å²) in [6, 6.07) is 7.99. The summed E-state index contributed by atoms with van der Waals surface area (Å²) in [5, 5.41) is 0.921. The summed E-state index contributed by atoms with van der Waals surface area (Å²) in [5.74, 6) is 7.70. The Morgan fingerprint density at radius 3 is 2.55 bits per heavy atom. The van der Waals surface area contributed by atoms with E-state index in [1.807, 2.05) is 39.0 Å². The van der Waals surface area contributed by atoms with Gasteiger partial charge in [0.15, 0.2) is 5.76 Å². The molecule has 4 nitrogen and oxygen atoms in total. The first-order chi connectivity index (χ1) is 10.3. The van der Waals surface area contributed by atoms with Crippen LogP contribution >= 0.6 is 7.14 Å². The van der Waals surface area contributed by atoms with Crippen molar-refractivity contribution < 1.29 is 13.7 Å². The minimum absolute atomic E-state index is 0.0272. The molecule has 0 radical (unpaired) electrons. The number of benzene rings is 1. The van der Waals surface area contributed by atoms with Crippen LogP contribution < -0.4 is 21.3 Å². The Labute approximate surface area is 131 Å². The van der Waals surface area contributed by atoms with Crippen molar-refractivity contribution in [3.8, 4) is 0 Å². The molecular formula is C17H24N2O2P+. The Hall–Kier alpha value is -1.54. The topological polar surface area (TPSA) is 60.1 Å². The Balaban J connectivity index is 2.48. The minimum atomic E-state index is -2.83. The molecule has 1 unspecified atom stereocenters. The van der Waals surface area contributed by atoms with E-state index in [4.69, 9.17) is 10.3 Å². The van der Waals surface area contributed by atoms with Crippen molar-refractivity contribution in [1.29, 1.82) is 0 Å². The molecule has 1 aromatic heterocycles. The van der Waals surface area contributed by atoms with Crippen LogP contribution in [0.2, 0.25) is 0 Å². The van der Waals surface area contributed by atoms with Gasteiger partial charge in [0.2, 0.25) is 7.14 Å². The molecule has 1 aromatic carbocycles. The third kappa shape index (κ3) is 1.70. The van der Waals surface area contributed by atoms with E-state index in [0.29, 0.717) is 17.7 Å². The highest BCUT2D eigenvalue weighted by Crippen LogP contribution is 2.55. The van der Waals surface area contributed by atoms with Crippen LogP contribution in [0.25, 0.3) is 0 Å². The number of nitrogen functional groups attached to an aromatic ring is 1. The highest BCUT2D eigenvalue weighted by Gasteiger charge is 2.55. The van der Waals surface area contributed by atoms with Crippen LogP contribution in [-0.2, 0) is 16.4 Å². The fourth-order valence-electron chi connectivity index (χ4n) is 3.45. The zero-order chi connectivity index (χ0) is 16.3. The SMILES string of the molecule is CCc1oc2c([n+]1N)P(=O)(C(C)C)c1ccccc1C2(C)C. The summed E-state index contributed by atoms with van der Waals surface area (Å²) < 4.78 is 21.7. The standard InChI is InChI=1S/C17H24N2O2P/c1-6-14-19(18)16-15(21-14)17(4,5)12-9-7-8-10-13(12)22(16,20)11(2)3/h7-11H,6,18H2,1-5H3/q+1. The molecule has 118 valence electrons. The molecule has 2 N–H and O–H groups in total. The number of aryl methyl sites for hydroxylation is 1. The molecule has 0 saturated heterocycles. The van der Waals surface area contributed by atoms with Gasteiger partial charge in [0, 0.05) is 11.0 Å². The van der Waals surface area contributed by atoms with E-state index in [1.54, 1.807) is 0 Å². The minimum Gasteiger partial charge on any atom is -0.403 e. The van der Waals surface area contributed by atoms with Crippen molar-refractivity contribution in [3.63, 3.8) is 0 Å². The molecule has 0 saturated carbocycles. The lowest BCUT2D eigenvalue weighted by Crippen LogP contribution is -2.61. The average Bonchev–Trinajstić information content (AvgIpc) is 2.83. The van der Waals surface area contributed by atoms with Crippen molar-refractivity contribution in [3.05, 3.63) is 41.5 Å². The molecule has 0 bridgehead atoms. The second-order valence-electron chi connectivity index (χ2n) is 6.77. The van der Waals surface area contributed by atoms with Crippen molar-refractivity contribution in [2.45, 2.75) is 52.1 Å². The lowest BCUT2D eigenvalue weighted by atomic mass is 9.82. The third-order valence-corrected chi connectivity index (χ3v) is 8.38. The Kier molecular flexibility index (Phi) is 3.30. The second kappa shape index (κ2) is 4.73. The van der Waals surface area contributed by atoms with Gasteiger partial charge in [-0.3, -0.25) is 0 Å². The van der Waals surface area contributed by atoms with Crippen LogP contribution in [0.5, 0.6) is 0 Å². The van der Waals surface area contributed by atoms with Gasteiger partial charge in [-0.2, -0.15) is 0 Å². The predicted octanol–water partition coefficient (Wildman–Crippen LogP) is 2.20. The number of rotatable bonds is 2. The maximum Gasteiger partial charge on any atom is 0.376 e. The summed E-state index contributed by atoms with van der Waals surface area (Å²) in [7, 11) is -2.83. The van der Waals surface area contributed by atoms with Gasteiger partial charge >= 0.3 is 11.3 Å². The molecule has 2 aromatic rings. The van der Waals surface area contributed by atoms with Gasteiger partial charge in [-0.05, 0) is 24.1 Å². The molecule has 5 heteroatoms. The van der Waals surface area contributed by atoms with Crippen molar-refractivity contribution in [1.82, 2.24) is 0 Å². The maximum atomic E-state index is 14.1. The lowest BCUT2D eigenvalue weighted by Gasteiger charge is -2.34. The normalized spacial score (nSPS) is 22.5. The van der Waals surface area contributed by atoms with Crippen LogP contribution in [0, 0.1) is 0 Å². The average molecular weight is 319 g/mol. The second-order valence-corrected chi connectivity index (χ2v) is 10.0. The number of fused-ring (bicyclic) bond motifs is 2. The highest BCUT2D eigenvalue weighted by atomic mass is 31.2. The lowest BCUT2D eigenvalue weighted by molar-refractivity contribution is -0.633. The van der Waals surface area contributed by atoms with Crippen LogP contribution in [0.4, 0.5) is 0 Å². The molecular weight excluding hydrogens is 295 g/mol. The van der Waals surface area contributed by atoms with Crippen LogP contribution in [0.15, 0.2) is 28.7 Å². The summed E-state index contributed by atoms with van der Waals surface area (Å²) in [6.45, 7) is 10.2. The highest BCUT2D eigenvalue weighted by molar-refractivity contribution is 7.79. The van der Waals surface area contributed by atoms with Crippen molar-refractivity contribution in [2.75, 3.05) is 5.84 Å². The number of hydrogen-bond acceptors (Lipinski definition) is 3. The van der Waals surface area contributed by atoms with E-state index in [1.165, 1.54) is 4.68 Å². The summed E-state index contributed by atoms with van der Waals surface area (Å²) >= 11 is 0. The fourth-order valence-corrected chi connectivity index (χ4v) is 6.80. The first-order valence-electron chi connectivity index (χ1n) is 7.79. The van der Waals surface area contributed by atoms with E-state index in [9.17, 15) is 4.57 Å². The molecule has 22 heavy (non-hydrogen) atoms. The van der Waals surface area contributed by atoms with Crippen molar-refractivity contribution in [2.24, 2.45) is 0 Å². The van der Waals surface area contributed by atoms with Gasteiger partial charge in [-0.15, -0.1) is 0 Å². The molecule has 2 heterocycles. The number of nitrogens with zero attached hydrogens (tertiary/aromatic N) is 1. The fraction of sp³-hybridized carbons (Fsp3) is 0.471. The quantitative estimate of drug-likeness (QED) is 0.524. The first kappa shape index (κ1) is 15.4. The van der Waals surface area contributed by atoms with Crippen LogP contribution in [-0.4, -0.2) is 5.66 Å². The van der Waals surface area contributed by atoms with E-state index >= 15 is 0 Å². The molecule has 1 aliphatic heterocycles. The first-order valence-corrected chi connectivity index (χ1v) is 9.57. The monoisotopic (exact) mass is 319 g/mol. The summed E-state index contributed by atoms with van der Waals surface area (Å²) in [4.78, 5) is 0. The predicted molar refractivity (Wildman–Crippen MR) is 89.0 cm³/mol. The Morgan fingerprint density at radius 2 is 1.95 bits per heavy atom. The number of hydrogen-bond donors (Lipinski definition) is 1. The van der Waals surface area contributed by atoms with Crippen LogP contribution in [0.3, 0.4) is 0 Å². The number of oxazole rings is 1. The van der Waals surface area contributed by atoms with E-state index in [-0.39, 0.29) is 11.1 Å². The van der Waals surface area contributed by atoms with Gasteiger partial charge in [-0.1, -0.05) is 45.0 Å². The molecule has 1 atom stereocenters. The summed E-state index contributed by atoms with van der Waals surface area (Å²) in [5.41, 5.74) is 1.39. The number of aromatic nitrogens is 1. The van der Waals surface area contributed by atoms with Crippen LogP contribution in [0.1, 0.15) is 51.8 Å². The smallest absolute Gasteiger partial charge is 0.376 e. The Morgan fingerprint density at radius 1 is 1.32 bits per heavy atom. The molecule has 3 rings (SSSR count). The molecule has 1 aliphatic rings. The third-order valence-electron chi connectivity index (χ3n) is 4.77. The van der Waals surface area contributed by atoms with E-state index < -0.39 is 7.14 Å². The van der Waals surface area contributed by atoms with Gasteiger partial charge in [0.25, 0.3) is 0 Å². The van der Waals surface area contributed by atoms with Gasteiger partial charge in [0.05, 0.1) is 11.8 Å². The summed E-state index contributed by atoms with van der Waals surface area (Å²) in [6.07, 6.45) is 0.675. The molecule has 0 fully saturated rings. The number of nitrogens with two attached hydrogens (primary N) is 1. The van der Waals surface area contributed by atoms with E-state index in [0.717, 1.165) is 16.6 Å². The Bertz CT molecular complexity index is 790. The van der Waals surface area contributed by atoms with E-state index in [2.05, 4.69) is 19.9 Å². The van der Waals surface area contributed by atoms with Gasteiger partial charge in [0.1, 0.15) is 0 Å².